The van der Waals surface area contributed by atoms with Gasteiger partial charge in [0.1, 0.15) is 0 Å². The quantitative estimate of drug-likeness (QED) is 0.635. The lowest BCUT2D eigenvalue weighted by molar-refractivity contribution is -0.146. The average Bonchev–Trinajstić information content (AvgIpc) is 2.36. The predicted molar refractivity (Wildman–Crippen MR) is 64.9 cm³/mol. The van der Waals surface area contributed by atoms with E-state index >= 15 is 0 Å². The van der Waals surface area contributed by atoms with Crippen molar-refractivity contribution in [3.05, 3.63) is 0 Å². The Bertz CT molecular complexity index is 374. The van der Waals surface area contributed by atoms with Gasteiger partial charge in [0.15, 0.2) is 0 Å². The smallest absolute Gasteiger partial charge is 0.308 e. The van der Waals surface area contributed by atoms with Gasteiger partial charge in [-0.2, -0.15) is 17.4 Å². The first-order valence-electron chi connectivity index (χ1n) is 5.87. The lowest BCUT2D eigenvalue weighted by atomic mass is 9.99. The van der Waals surface area contributed by atoms with E-state index in [1.165, 1.54) is 18.3 Å². The van der Waals surface area contributed by atoms with Crippen LogP contribution in [0.25, 0.3) is 0 Å². The molecule has 0 saturated carbocycles. The van der Waals surface area contributed by atoms with Crippen molar-refractivity contribution in [1.82, 2.24) is 9.03 Å². The number of piperidine rings is 1. The van der Waals surface area contributed by atoms with E-state index in [0.29, 0.717) is 12.8 Å². The molecule has 1 aliphatic heterocycles. The molecular weight excluding hydrogens is 260 g/mol. The van der Waals surface area contributed by atoms with Gasteiger partial charge in [0.05, 0.1) is 19.1 Å². The summed E-state index contributed by atoms with van der Waals surface area (Å²) in [5.41, 5.74) is 0. The van der Waals surface area contributed by atoms with Crippen molar-refractivity contribution in [2.45, 2.75) is 25.9 Å². The molecule has 1 unspecified atom stereocenters. The number of ether oxygens (including phenoxy) is 1. The van der Waals surface area contributed by atoms with Crippen LogP contribution in [0.15, 0.2) is 0 Å². The monoisotopic (exact) mass is 280 g/mol. The molecule has 18 heavy (non-hydrogen) atoms. The van der Waals surface area contributed by atoms with Crippen LogP contribution in [0, 0.1) is 5.92 Å². The van der Waals surface area contributed by atoms with E-state index < -0.39 is 16.3 Å². The summed E-state index contributed by atoms with van der Waals surface area (Å²) in [4.78, 5) is 11.3. The Kier molecular flexibility index (Phi) is 5.51. The molecule has 2 N–H and O–H groups in total. The molecule has 0 bridgehead atoms. The van der Waals surface area contributed by atoms with Gasteiger partial charge in [-0.1, -0.05) is 0 Å². The number of hydrogen-bond acceptors (Lipinski definition) is 5. The maximum absolute atomic E-state index is 11.8. The molecule has 7 nitrogen and oxygen atoms in total. The normalized spacial score (nSPS) is 20.6. The Morgan fingerprint density at radius 3 is 2.50 bits per heavy atom. The lowest BCUT2D eigenvalue weighted by Gasteiger charge is -2.29. The third kappa shape index (κ3) is 4.20. The molecule has 1 atom stereocenters. The van der Waals surface area contributed by atoms with Crippen LogP contribution in [0.4, 0.5) is 0 Å². The molecule has 0 radical (unpaired) electrons. The minimum Gasteiger partial charge on any atom is -0.469 e. The summed E-state index contributed by atoms with van der Waals surface area (Å²) < 4.78 is 31.9. The van der Waals surface area contributed by atoms with Gasteiger partial charge in [0.25, 0.3) is 10.2 Å². The Hall–Kier alpha value is -0.700. The number of nitrogens with one attached hydrogen (secondary N) is 1. The van der Waals surface area contributed by atoms with Gasteiger partial charge in [0, 0.05) is 19.6 Å². The Labute approximate surface area is 107 Å². The highest BCUT2D eigenvalue weighted by Crippen LogP contribution is 2.19. The number of aliphatic hydroxyl groups excluding tert-OH is 1. The number of esters is 1. The second kappa shape index (κ2) is 6.46. The SMILES string of the molecule is COC(=O)C1CCN(S(=O)(=O)NCC(C)O)CC1. The fourth-order valence-electron chi connectivity index (χ4n) is 1.82. The van der Waals surface area contributed by atoms with E-state index in [9.17, 15) is 13.2 Å². The van der Waals surface area contributed by atoms with E-state index in [4.69, 9.17) is 5.11 Å². The van der Waals surface area contributed by atoms with E-state index in [2.05, 4.69) is 9.46 Å². The summed E-state index contributed by atoms with van der Waals surface area (Å²) in [6.07, 6.45) is 0.192. The van der Waals surface area contributed by atoms with Crippen molar-refractivity contribution in [2.24, 2.45) is 5.92 Å². The third-order valence-corrected chi connectivity index (χ3v) is 4.47. The largest absolute Gasteiger partial charge is 0.469 e. The van der Waals surface area contributed by atoms with Gasteiger partial charge in [-0.05, 0) is 19.8 Å². The highest BCUT2D eigenvalue weighted by Gasteiger charge is 2.31. The van der Waals surface area contributed by atoms with Crippen LogP contribution in [0.3, 0.4) is 0 Å². The minimum absolute atomic E-state index is 0.0146. The van der Waals surface area contributed by atoms with Crippen molar-refractivity contribution in [1.29, 1.82) is 0 Å². The summed E-state index contributed by atoms with van der Waals surface area (Å²) in [7, 11) is -2.23. The van der Waals surface area contributed by atoms with Gasteiger partial charge < -0.3 is 9.84 Å². The fourth-order valence-corrected chi connectivity index (χ4v) is 3.14. The first-order valence-corrected chi connectivity index (χ1v) is 7.31. The van der Waals surface area contributed by atoms with Crippen molar-refractivity contribution in [2.75, 3.05) is 26.7 Å². The second-order valence-electron chi connectivity index (χ2n) is 4.40. The van der Waals surface area contributed by atoms with Crippen LogP contribution < -0.4 is 4.72 Å². The van der Waals surface area contributed by atoms with Gasteiger partial charge >= 0.3 is 5.97 Å². The zero-order chi connectivity index (χ0) is 13.8. The van der Waals surface area contributed by atoms with Gasteiger partial charge in [-0.25, -0.2) is 0 Å². The van der Waals surface area contributed by atoms with Crippen molar-refractivity contribution >= 4 is 16.2 Å². The van der Waals surface area contributed by atoms with Crippen molar-refractivity contribution in [3.63, 3.8) is 0 Å². The molecule has 1 saturated heterocycles. The van der Waals surface area contributed by atoms with Crippen LogP contribution in [0.5, 0.6) is 0 Å². The average molecular weight is 280 g/mol. The minimum atomic E-state index is -3.56. The van der Waals surface area contributed by atoms with Crippen molar-refractivity contribution < 1.29 is 23.1 Å². The Morgan fingerprint density at radius 2 is 2.06 bits per heavy atom. The van der Waals surface area contributed by atoms with E-state index in [1.54, 1.807) is 0 Å². The maximum Gasteiger partial charge on any atom is 0.308 e. The third-order valence-electron chi connectivity index (χ3n) is 2.89. The molecular formula is C10H20N2O5S. The molecule has 0 aromatic rings. The summed E-state index contributed by atoms with van der Waals surface area (Å²) in [5.74, 6) is -0.512. The van der Waals surface area contributed by atoms with E-state index in [-0.39, 0.29) is 31.5 Å². The van der Waals surface area contributed by atoms with E-state index in [1.807, 2.05) is 0 Å². The highest BCUT2D eigenvalue weighted by atomic mass is 32.2. The van der Waals surface area contributed by atoms with Crippen LogP contribution in [0.2, 0.25) is 0 Å². The number of nitrogens with zero attached hydrogens (tertiary/aromatic N) is 1. The molecule has 0 aromatic carbocycles. The second-order valence-corrected chi connectivity index (χ2v) is 6.15. The number of hydrogen-bond donors (Lipinski definition) is 2. The first-order chi connectivity index (χ1) is 8.36. The summed E-state index contributed by atoms with van der Waals surface area (Å²) in [6.45, 7) is 2.06. The summed E-state index contributed by atoms with van der Waals surface area (Å²) >= 11 is 0. The zero-order valence-electron chi connectivity index (χ0n) is 10.6. The summed E-state index contributed by atoms with van der Waals surface area (Å²) in [6, 6.07) is 0. The molecule has 1 fully saturated rings. The summed E-state index contributed by atoms with van der Waals surface area (Å²) in [5, 5.41) is 9.05. The van der Waals surface area contributed by atoms with Crippen LogP contribution >= 0.6 is 0 Å². The fraction of sp³-hybridized carbons (Fsp3) is 0.900. The lowest BCUT2D eigenvalue weighted by Crippen LogP contribution is -2.47. The number of carbonyl (C=O) groups is 1. The van der Waals surface area contributed by atoms with Gasteiger partial charge in [0.2, 0.25) is 0 Å². The topological polar surface area (TPSA) is 95.9 Å². The number of aliphatic hydroxyl groups is 1. The predicted octanol–water partition coefficient (Wildman–Crippen LogP) is -0.913. The number of methoxy groups -OCH3 is 1. The molecule has 8 heteroatoms. The molecule has 1 rings (SSSR count). The molecule has 0 spiro atoms. The number of carbonyl (C=O) groups excluding carboxylic acids is 1. The van der Waals surface area contributed by atoms with Crippen molar-refractivity contribution in [3.8, 4) is 0 Å². The van der Waals surface area contributed by atoms with Gasteiger partial charge in [-0.3, -0.25) is 4.79 Å². The molecule has 0 aliphatic carbocycles. The van der Waals surface area contributed by atoms with Crippen LogP contribution in [-0.4, -0.2) is 56.6 Å². The molecule has 1 heterocycles. The molecule has 0 aromatic heterocycles. The first kappa shape index (κ1) is 15.4. The zero-order valence-corrected chi connectivity index (χ0v) is 11.4. The molecule has 106 valence electrons. The molecule has 0 amide bonds. The molecule has 1 aliphatic rings. The highest BCUT2D eigenvalue weighted by molar-refractivity contribution is 7.87. The van der Waals surface area contributed by atoms with Crippen LogP contribution in [-0.2, 0) is 19.7 Å². The standard InChI is InChI=1S/C10H20N2O5S/c1-8(13)7-11-18(15,16)12-5-3-9(4-6-12)10(14)17-2/h8-9,11,13H,3-7H2,1-2H3. The number of rotatable bonds is 5. The van der Waals surface area contributed by atoms with E-state index in [0.717, 1.165) is 0 Å². The van der Waals surface area contributed by atoms with Crippen LogP contribution in [0.1, 0.15) is 19.8 Å². The Balaban J connectivity index is 2.49. The maximum atomic E-state index is 11.8. The van der Waals surface area contributed by atoms with Gasteiger partial charge in [-0.15, -0.1) is 0 Å². The Morgan fingerprint density at radius 1 is 1.50 bits per heavy atom.